The van der Waals surface area contributed by atoms with Crippen molar-refractivity contribution in [3.05, 3.63) is 77.4 Å². The fraction of sp³-hybridized carbons (Fsp3) is 0.0476. The average molecular weight is 379 g/mol. The monoisotopic (exact) mass is 378 g/mol. The SMILES string of the molecule is COc1ccc(-c2c(-c3ccc(Cl)cc3)nc3ccc(C(=O)O)cn23)cc1. The summed E-state index contributed by atoms with van der Waals surface area (Å²) < 4.78 is 7.04. The zero-order chi connectivity index (χ0) is 19.0. The molecule has 0 fully saturated rings. The molecule has 0 saturated heterocycles. The van der Waals surface area contributed by atoms with E-state index < -0.39 is 5.97 Å². The molecular weight excluding hydrogens is 364 g/mol. The Kier molecular flexibility index (Phi) is 4.30. The minimum atomic E-state index is -0.987. The van der Waals surface area contributed by atoms with Crippen molar-refractivity contribution in [2.45, 2.75) is 0 Å². The molecule has 4 aromatic rings. The first-order valence-corrected chi connectivity index (χ1v) is 8.60. The molecule has 0 amide bonds. The number of benzene rings is 2. The third kappa shape index (κ3) is 3.13. The predicted molar refractivity (Wildman–Crippen MR) is 105 cm³/mol. The molecule has 0 bridgehead atoms. The summed E-state index contributed by atoms with van der Waals surface area (Å²) >= 11 is 6.02. The second-order valence-electron chi connectivity index (χ2n) is 6.00. The van der Waals surface area contributed by atoms with Crippen LogP contribution in [-0.4, -0.2) is 27.6 Å². The minimum absolute atomic E-state index is 0.192. The van der Waals surface area contributed by atoms with E-state index in [-0.39, 0.29) is 5.56 Å². The molecule has 0 atom stereocenters. The first-order chi connectivity index (χ1) is 13.1. The molecule has 4 rings (SSSR count). The van der Waals surface area contributed by atoms with Gasteiger partial charge in [-0.2, -0.15) is 0 Å². The molecule has 0 saturated carbocycles. The van der Waals surface area contributed by atoms with Gasteiger partial charge in [0, 0.05) is 22.3 Å². The Morgan fingerprint density at radius 3 is 2.30 bits per heavy atom. The van der Waals surface area contributed by atoms with Crippen molar-refractivity contribution in [2.75, 3.05) is 7.11 Å². The molecule has 5 nitrogen and oxygen atoms in total. The third-order valence-electron chi connectivity index (χ3n) is 4.35. The van der Waals surface area contributed by atoms with Gasteiger partial charge in [-0.25, -0.2) is 9.78 Å². The lowest BCUT2D eigenvalue weighted by Crippen LogP contribution is -1.99. The second-order valence-corrected chi connectivity index (χ2v) is 6.43. The van der Waals surface area contributed by atoms with E-state index >= 15 is 0 Å². The van der Waals surface area contributed by atoms with E-state index in [9.17, 15) is 9.90 Å². The summed E-state index contributed by atoms with van der Waals surface area (Å²) in [4.78, 5) is 16.2. The molecule has 0 aliphatic heterocycles. The Hall–Kier alpha value is -3.31. The van der Waals surface area contributed by atoms with Gasteiger partial charge in [0.25, 0.3) is 0 Å². The molecule has 0 unspecified atom stereocenters. The number of aromatic nitrogens is 2. The lowest BCUT2D eigenvalue weighted by molar-refractivity contribution is 0.0696. The zero-order valence-corrected chi connectivity index (χ0v) is 15.1. The summed E-state index contributed by atoms with van der Waals surface area (Å²) in [6, 6.07) is 18.2. The zero-order valence-electron chi connectivity index (χ0n) is 14.4. The fourth-order valence-corrected chi connectivity index (χ4v) is 3.13. The van der Waals surface area contributed by atoms with Gasteiger partial charge in [0.1, 0.15) is 11.4 Å². The highest BCUT2D eigenvalue weighted by molar-refractivity contribution is 6.30. The van der Waals surface area contributed by atoms with E-state index in [4.69, 9.17) is 21.3 Å². The predicted octanol–water partition coefficient (Wildman–Crippen LogP) is 5.03. The number of halogens is 1. The van der Waals surface area contributed by atoms with Crippen molar-refractivity contribution in [1.29, 1.82) is 0 Å². The van der Waals surface area contributed by atoms with Crippen LogP contribution >= 0.6 is 11.6 Å². The van der Waals surface area contributed by atoms with Crippen LogP contribution in [-0.2, 0) is 0 Å². The van der Waals surface area contributed by atoms with Crippen molar-refractivity contribution in [3.8, 4) is 28.3 Å². The van der Waals surface area contributed by atoms with Crippen LogP contribution < -0.4 is 4.74 Å². The van der Waals surface area contributed by atoms with Crippen LogP contribution in [0.1, 0.15) is 10.4 Å². The number of pyridine rings is 1. The van der Waals surface area contributed by atoms with E-state index in [0.717, 1.165) is 28.3 Å². The summed E-state index contributed by atoms with van der Waals surface area (Å²) in [6.07, 6.45) is 1.59. The number of nitrogens with zero attached hydrogens (tertiary/aromatic N) is 2. The highest BCUT2D eigenvalue weighted by atomic mass is 35.5. The number of fused-ring (bicyclic) bond motifs is 1. The molecule has 0 radical (unpaired) electrons. The van der Waals surface area contributed by atoms with Crippen LogP contribution in [0.4, 0.5) is 0 Å². The second kappa shape index (κ2) is 6.78. The molecule has 2 heterocycles. The molecule has 2 aromatic carbocycles. The standard InChI is InChI=1S/C21H15ClN2O3/c1-27-17-9-4-14(5-10-17)20-19(13-2-7-16(22)8-3-13)23-18-11-6-15(21(25)26)12-24(18)20/h2-12H,1H3,(H,25,26). The van der Waals surface area contributed by atoms with E-state index in [0.29, 0.717) is 10.7 Å². The Bertz CT molecular complexity index is 1130. The summed E-state index contributed by atoms with van der Waals surface area (Å²) in [5, 5.41) is 10.0. The van der Waals surface area contributed by atoms with Crippen LogP contribution in [0.2, 0.25) is 5.02 Å². The van der Waals surface area contributed by atoms with Gasteiger partial charge in [-0.1, -0.05) is 23.7 Å². The van der Waals surface area contributed by atoms with Crippen LogP contribution in [0.25, 0.3) is 28.2 Å². The van der Waals surface area contributed by atoms with Gasteiger partial charge in [-0.15, -0.1) is 0 Å². The van der Waals surface area contributed by atoms with Gasteiger partial charge >= 0.3 is 5.97 Å². The smallest absolute Gasteiger partial charge is 0.337 e. The van der Waals surface area contributed by atoms with E-state index in [1.807, 2.05) is 36.4 Å². The number of hydrogen-bond donors (Lipinski definition) is 1. The summed E-state index contributed by atoms with van der Waals surface area (Å²) in [5.41, 5.74) is 4.20. The van der Waals surface area contributed by atoms with Gasteiger partial charge in [-0.05, 0) is 48.5 Å². The summed E-state index contributed by atoms with van der Waals surface area (Å²) in [5.74, 6) is -0.244. The number of ether oxygens (including phenoxy) is 1. The number of hydrogen-bond acceptors (Lipinski definition) is 3. The van der Waals surface area contributed by atoms with Crippen LogP contribution in [0.15, 0.2) is 66.9 Å². The average Bonchev–Trinajstić information content (AvgIpc) is 3.07. The number of imidazole rings is 1. The highest BCUT2D eigenvalue weighted by Gasteiger charge is 2.17. The number of rotatable bonds is 4. The Morgan fingerprint density at radius 1 is 1.00 bits per heavy atom. The molecule has 1 N–H and O–H groups in total. The molecular formula is C21H15ClN2O3. The number of methoxy groups -OCH3 is 1. The lowest BCUT2D eigenvalue weighted by atomic mass is 10.0. The number of carboxylic acid groups (broad SMARTS) is 1. The largest absolute Gasteiger partial charge is 0.497 e. The first kappa shape index (κ1) is 17.1. The van der Waals surface area contributed by atoms with E-state index in [1.54, 1.807) is 42.0 Å². The van der Waals surface area contributed by atoms with Crippen LogP contribution in [0.5, 0.6) is 5.75 Å². The Morgan fingerprint density at radius 2 is 1.67 bits per heavy atom. The molecule has 134 valence electrons. The van der Waals surface area contributed by atoms with Gasteiger partial charge in [0.2, 0.25) is 0 Å². The fourth-order valence-electron chi connectivity index (χ4n) is 3.00. The molecule has 27 heavy (non-hydrogen) atoms. The molecule has 2 aromatic heterocycles. The first-order valence-electron chi connectivity index (χ1n) is 8.22. The maximum Gasteiger partial charge on any atom is 0.337 e. The van der Waals surface area contributed by atoms with E-state index in [2.05, 4.69) is 0 Å². The van der Waals surface area contributed by atoms with Gasteiger partial charge < -0.3 is 9.84 Å². The van der Waals surface area contributed by atoms with Crippen LogP contribution in [0.3, 0.4) is 0 Å². The van der Waals surface area contributed by atoms with Crippen LogP contribution in [0, 0.1) is 0 Å². The molecule has 6 heteroatoms. The minimum Gasteiger partial charge on any atom is -0.497 e. The van der Waals surface area contributed by atoms with Crippen molar-refractivity contribution < 1.29 is 14.6 Å². The summed E-state index contributed by atoms with van der Waals surface area (Å²) in [7, 11) is 1.61. The quantitative estimate of drug-likeness (QED) is 0.541. The molecule has 0 aliphatic carbocycles. The summed E-state index contributed by atoms with van der Waals surface area (Å²) in [6.45, 7) is 0. The van der Waals surface area contributed by atoms with Crippen molar-refractivity contribution in [1.82, 2.24) is 9.38 Å². The number of carbonyl (C=O) groups is 1. The number of aromatic carboxylic acids is 1. The van der Waals surface area contributed by atoms with E-state index in [1.165, 1.54) is 0 Å². The maximum absolute atomic E-state index is 11.4. The highest BCUT2D eigenvalue weighted by Crippen LogP contribution is 2.34. The van der Waals surface area contributed by atoms with Gasteiger partial charge in [0.15, 0.2) is 0 Å². The van der Waals surface area contributed by atoms with Crippen molar-refractivity contribution in [2.24, 2.45) is 0 Å². The molecule has 0 aliphatic rings. The topological polar surface area (TPSA) is 63.8 Å². The third-order valence-corrected chi connectivity index (χ3v) is 4.60. The Labute approximate surface area is 160 Å². The van der Waals surface area contributed by atoms with Crippen molar-refractivity contribution >= 4 is 23.2 Å². The normalized spacial score (nSPS) is 10.9. The lowest BCUT2D eigenvalue weighted by Gasteiger charge is -2.08. The van der Waals surface area contributed by atoms with Gasteiger partial charge in [0.05, 0.1) is 24.1 Å². The number of carboxylic acids is 1. The van der Waals surface area contributed by atoms with Crippen molar-refractivity contribution in [3.63, 3.8) is 0 Å². The Balaban J connectivity index is 2.00. The maximum atomic E-state index is 11.4. The van der Waals surface area contributed by atoms with Gasteiger partial charge in [-0.3, -0.25) is 4.40 Å². The molecule has 0 spiro atoms.